The van der Waals surface area contributed by atoms with E-state index in [1.54, 1.807) is 12.1 Å². The summed E-state index contributed by atoms with van der Waals surface area (Å²) in [5.41, 5.74) is 0. The predicted molar refractivity (Wildman–Crippen MR) is 107 cm³/mol. The van der Waals surface area contributed by atoms with Gasteiger partial charge in [0.25, 0.3) is 0 Å². The number of carbonyl (C=O) groups excluding carboxylic acids is 1. The molecular weight excluding hydrogens is 382 g/mol. The average Bonchev–Trinajstić information content (AvgIpc) is 2.63. The number of piperazine rings is 1. The largest absolute Gasteiger partial charge is 0.490 e. The van der Waals surface area contributed by atoms with Gasteiger partial charge < -0.3 is 14.8 Å². The third kappa shape index (κ3) is 5.83. The van der Waals surface area contributed by atoms with Gasteiger partial charge in [0.05, 0.1) is 24.7 Å². The van der Waals surface area contributed by atoms with E-state index in [2.05, 4.69) is 5.32 Å². The van der Waals surface area contributed by atoms with Crippen LogP contribution in [0.1, 0.15) is 27.7 Å². The molecule has 9 heteroatoms. The monoisotopic (exact) mass is 413 g/mol. The number of hydrogen-bond acceptors (Lipinski definition) is 6. The Bertz CT molecular complexity index is 759. The Morgan fingerprint density at radius 3 is 2.25 bits per heavy atom. The van der Waals surface area contributed by atoms with Gasteiger partial charge in [0.1, 0.15) is 0 Å². The number of amides is 1. The maximum atomic E-state index is 13.0. The molecule has 1 aliphatic heterocycles. The van der Waals surface area contributed by atoms with Crippen LogP contribution in [0.2, 0.25) is 0 Å². The topological polar surface area (TPSA) is 88.2 Å². The van der Waals surface area contributed by atoms with Crippen LogP contribution in [-0.4, -0.2) is 75.5 Å². The molecule has 8 nitrogen and oxygen atoms in total. The Morgan fingerprint density at radius 2 is 1.68 bits per heavy atom. The lowest BCUT2D eigenvalue weighted by Gasteiger charge is -2.33. The van der Waals surface area contributed by atoms with E-state index in [0.29, 0.717) is 50.9 Å². The second kappa shape index (κ2) is 10.1. The summed E-state index contributed by atoms with van der Waals surface area (Å²) >= 11 is 0. The van der Waals surface area contributed by atoms with Crippen molar-refractivity contribution in [1.82, 2.24) is 14.5 Å². The van der Waals surface area contributed by atoms with Gasteiger partial charge in [-0.05, 0) is 39.8 Å². The number of hydrogen-bond donors (Lipinski definition) is 1. The van der Waals surface area contributed by atoms with Crippen molar-refractivity contribution < 1.29 is 22.7 Å². The van der Waals surface area contributed by atoms with E-state index >= 15 is 0 Å². The van der Waals surface area contributed by atoms with Crippen LogP contribution < -0.4 is 14.8 Å². The molecule has 0 spiro atoms. The summed E-state index contributed by atoms with van der Waals surface area (Å²) < 4.78 is 38.5. The molecule has 1 N–H and O–H groups in total. The summed E-state index contributed by atoms with van der Waals surface area (Å²) in [6, 6.07) is 4.79. The second-order valence-electron chi connectivity index (χ2n) is 6.88. The number of nitrogens with zero attached hydrogens (tertiary/aromatic N) is 2. The van der Waals surface area contributed by atoms with Crippen LogP contribution >= 0.6 is 0 Å². The number of sulfonamides is 1. The van der Waals surface area contributed by atoms with Gasteiger partial charge >= 0.3 is 0 Å². The third-order valence-electron chi connectivity index (χ3n) is 4.30. The highest BCUT2D eigenvalue weighted by atomic mass is 32.2. The van der Waals surface area contributed by atoms with E-state index in [1.807, 2.05) is 32.6 Å². The Kier molecular flexibility index (Phi) is 8.09. The molecule has 0 saturated carbocycles. The van der Waals surface area contributed by atoms with Crippen LogP contribution in [0, 0.1) is 0 Å². The maximum Gasteiger partial charge on any atom is 0.243 e. The Labute approximate surface area is 167 Å². The molecule has 0 aliphatic carbocycles. The lowest BCUT2D eigenvalue weighted by molar-refractivity contribution is -0.123. The summed E-state index contributed by atoms with van der Waals surface area (Å²) in [5.74, 6) is 0.915. The summed E-state index contributed by atoms with van der Waals surface area (Å²) in [5, 5.41) is 2.85. The highest BCUT2D eigenvalue weighted by Crippen LogP contribution is 2.31. The molecule has 1 aliphatic rings. The van der Waals surface area contributed by atoms with Crippen molar-refractivity contribution in [3.05, 3.63) is 18.2 Å². The second-order valence-corrected chi connectivity index (χ2v) is 8.81. The summed E-state index contributed by atoms with van der Waals surface area (Å²) in [7, 11) is -3.63. The van der Waals surface area contributed by atoms with Crippen molar-refractivity contribution in [3.63, 3.8) is 0 Å². The Hall–Kier alpha value is -1.84. The van der Waals surface area contributed by atoms with Crippen LogP contribution in [0.3, 0.4) is 0 Å². The van der Waals surface area contributed by atoms with Gasteiger partial charge in [-0.1, -0.05) is 0 Å². The zero-order valence-electron chi connectivity index (χ0n) is 17.1. The first kappa shape index (κ1) is 22.4. The summed E-state index contributed by atoms with van der Waals surface area (Å²) in [6.45, 7) is 10.4. The van der Waals surface area contributed by atoms with Gasteiger partial charge in [-0.25, -0.2) is 8.42 Å². The molecule has 2 rings (SSSR count). The normalized spacial score (nSPS) is 16.2. The molecule has 158 valence electrons. The molecule has 0 unspecified atom stereocenters. The van der Waals surface area contributed by atoms with E-state index in [1.165, 1.54) is 10.4 Å². The van der Waals surface area contributed by atoms with Crippen LogP contribution in [0.5, 0.6) is 11.5 Å². The molecule has 1 amide bonds. The lowest BCUT2D eigenvalue weighted by atomic mass is 10.3. The van der Waals surface area contributed by atoms with Crippen molar-refractivity contribution in [3.8, 4) is 11.5 Å². The van der Waals surface area contributed by atoms with E-state index in [-0.39, 0.29) is 23.4 Å². The smallest absolute Gasteiger partial charge is 0.243 e. The van der Waals surface area contributed by atoms with Gasteiger partial charge in [-0.2, -0.15) is 4.31 Å². The van der Waals surface area contributed by atoms with Crippen molar-refractivity contribution >= 4 is 15.9 Å². The van der Waals surface area contributed by atoms with Crippen LogP contribution in [0.25, 0.3) is 0 Å². The van der Waals surface area contributed by atoms with Gasteiger partial charge in [-0.3, -0.25) is 9.69 Å². The molecule has 0 bridgehead atoms. The number of nitrogens with one attached hydrogen (secondary N) is 1. The van der Waals surface area contributed by atoms with E-state index < -0.39 is 10.0 Å². The molecular formula is C19H31N3O5S. The fourth-order valence-corrected chi connectivity index (χ4v) is 4.48. The van der Waals surface area contributed by atoms with E-state index in [9.17, 15) is 13.2 Å². The molecule has 0 atom stereocenters. The van der Waals surface area contributed by atoms with Crippen LogP contribution in [0.4, 0.5) is 0 Å². The van der Waals surface area contributed by atoms with Crippen molar-refractivity contribution in [2.24, 2.45) is 0 Å². The molecule has 0 aromatic heterocycles. The van der Waals surface area contributed by atoms with Gasteiger partial charge in [0.15, 0.2) is 11.5 Å². The van der Waals surface area contributed by atoms with Crippen LogP contribution in [0.15, 0.2) is 23.1 Å². The Morgan fingerprint density at radius 1 is 1.07 bits per heavy atom. The molecule has 1 aromatic carbocycles. The Balaban J connectivity index is 2.05. The van der Waals surface area contributed by atoms with Crippen molar-refractivity contribution in [2.45, 2.75) is 38.6 Å². The zero-order chi connectivity index (χ0) is 20.7. The van der Waals surface area contributed by atoms with E-state index in [4.69, 9.17) is 9.47 Å². The highest BCUT2D eigenvalue weighted by Gasteiger charge is 2.30. The maximum absolute atomic E-state index is 13.0. The number of rotatable bonds is 9. The SMILES string of the molecule is CCOc1ccc(S(=O)(=O)N2CCN(CC(=O)NC(C)C)CC2)cc1OCC. The fourth-order valence-electron chi connectivity index (χ4n) is 3.04. The van der Waals surface area contributed by atoms with Crippen LogP contribution in [-0.2, 0) is 14.8 Å². The molecule has 1 aromatic rings. The predicted octanol–water partition coefficient (Wildman–Crippen LogP) is 1.31. The number of ether oxygens (including phenoxy) is 2. The highest BCUT2D eigenvalue weighted by molar-refractivity contribution is 7.89. The first-order valence-electron chi connectivity index (χ1n) is 9.69. The molecule has 1 fully saturated rings. The first-order valence-corrected chi connectivity index (χ1v) is 11.1. The molecule has 1 heterocycles. The van der Waals surface area contributed by atoms with Gasteiger partial charge in [0.2, 0.25) is 15.9 Å². The molecule has 1 saturated heterocycles. The number of benzene rings is 1. The van der Waals surface area contributed by atoms with E-state index in [0.717, 1.165) is 0 Å². The average molecular weight is 414 g/mol. The van der Waals surface area contributed by atoms with Crippen molar-refractivity contribution in [1.29, 1.82) is 0 Å². The summed E-state index contributed by atoms with van der Waals surface area (Å²) in [4.78, 5) is 14.0. The minimum atomic E-state index is -3.63. The molecule has 0 radical (unpaired) electrons. The third-order valence-corrected chi connectivity index (χ3v) is 6.20. The molecule has 28 heavy (non-hydrogen) atoms. The quantitative estimate of drug-likeness (QED) is 0.657. The minimum absolute atomic E-state index is 0.0424. The summed E-state index contributed by atoms with van der Waals surface area (Å²) in [6.07, 6.45) is 0. The first-order chi connectivity index (χ1) is 13.3. The zero-order valence-corrected chi connectivity index (χ0v) is 17.9. The standard InChI is InChI=1S/C19H31N3O5S/c1-5-26-17-8-7-16(13-18(17)27-6-2)28(24,25)22-11-9-21(10-12-22)14-19(23)20-15(3)4/h7-8,13,15H,5-6,9-12,14H2,1-4H3,(H,20,23). The van der Waals surface area contributed by atoms with Gasteiger partial charge in [0, 0.05) is 38.3 Å². The van der Waals surface area contributed by atoms with Gasteiger partial charge in [-0.15, -0.1) is 0 Å². The fraction of sp³-hybridized carbons (Fsp3) is 0.632. The van der Waals surface area contributed by atoms with Crippen molar-refractivity contribution in [2.75, 3.05) is 45.9 Å². The number of carbonyl (C=O) groups is 1. The lowest BCUT2D eigenvalue weighted by Crippen LogP contribution is -2.51. The minimum Gasteiger partial charge on any atom is -0.490 e.